The molecule has 0 bridgehead atoms. The zero-order valence-electron chi connectivity index (χ0n) is 12.2. The Labute approximate surface area is 127 Å². The third kappa shape index (κ3) is 2.97. The molecule has 1 saturated carbocycles. The summed E-state index contributed by atoms with van der Waals surface area (Å²) in [5.74, 6) is -1.22. The molecule has 0 saturated heterocycles. The predicted molar refractivity (Wildman–Crippen MR) is 79.0 cm³/mol. The number of aliphatic hydroxyl groups excluding tert-OH is 1. The molecule has 3 N–H and O–H groups in total. The first-order valence-corrected chi connectivity index (χ1v) is 7.63. The van der Waals surface area contributed by atoms with Crippen LogP contribution in [0.4, 0.5) is 10.1 Å². The number of fused-ring (bicyclic) bond motifs is 1. The molecule has 0 spiro atoms. The summed E-state index contributed by atoms with van der Waals surface area (Å²) in [6, 6.07) is 2.70. The zero-order chi connectivity index (χ0) is 15.7. The average Bonchev–Trinajstić information content (AvgIpc) is 2.89. The van der Waals surface area contributed by atoms with E-state index < -0.39 is 11.7 Å². The van der Waals surface area contributed by atoms with Gasteiger partial charge in [-0.25, -0.2) is 4.39 Å². The number of amides is 2. The normalized spacial score (nSPS) is 23.8. The van der Waals surface area contributed by atoms with Gasteiger partial charge in [-0.3, -0.25) is 9.59 Å². The number of carbonyl (C=O) groups is 2. The summed E-state index contributed by atoms with van der Waals surface area (Å²) in [6.45, 7) is 0.354. The van der Waals surface area contributed by atoms with Crippen LogP contribution in [0.3, 0.4) is 0 Å². The van der Waals surface area contributed by atoms with Gasteiger partial charge < -0.3 is 15.7 Å². The van der Waals surface area contributed by atoms with Crippen molar-refractivity contribution in [2.24, 2.45) is 5.92 Å². The van der Waals surface area contributed by atoms with Gasteiger partial charge in [-0.1, -0.05) is 6.42 Å². The highest BCUT2D eigenvalue weighted by atomic mass is 19.1. The van der Waals surface area contributed by atoms with Crippen LogP contribution in [-0.2, 0) is 11.2 Å². The van der Waals surface area contributed by atoms with Gasteiger partial charge in [0.25, 0.3) is 5.91 Å². The molecule has 1 aliphatic carbocycles. The first kappa shape index (κ1) is 15.0. The van der Waals surface area contributed by atoms with Crippen LogP contribution in [0.5, 0.6) is 0 Å². The lowest BCUT2D eigenvalue weighted by molar-refractivity contribution is -0.116. The number of aliphatic hydroxyl groups is 1. The van der Waals surface area contributed by atoms with Crippen molar-refractivity contribution in [2.75, 3.05) is 11.9 Å². The minimum atomic E-state index is -0.648. The topological polar surface area (TPSA) is 78.4 Å². The van der Waals surface area contributed by atoms with Gasteiger partial charge >= 0.3 is 0 Å². The number of halogens is 1. The highest BCUT2D eigenvalue weighted by Gasteiger charge is 2.26. The number of carbonyl (C=O) groups excluding carboxylic acids is 2. The van der Waals surface area contributed by atoms with Crippen molar-refractivity contribution >= 4 is 17.5 Å². The van der Waals surface area contributed by atoms with Gasteiger partial charge in [0.1, 0.15) is 5.82 Å². The summed E-state index contributed by atoms with van der Waals surface area (Å²) in [5, 5.41) is 15.1. The van der Waals surface area contributed by atoms with Crippen molar-refractivity contribution in [1.29, 1.82) is 0 Å². The van der Waals surface area contributed by atoms with E-state index in [2.05, 4.69) is 10.6 Å². The van der Waals surface area contributed by atoms with E-state index in [9.17, 15) is 19.1 Å². The Morgan fingerprint density at radius 3 is 2.91 bits per heavy atom. The molecule has 22 heavy (non-hydrogen) atoms. The van der Waals surface area contributed by atoms with Crippen molar-refractivity contribution in [1.82, 2.24) is 5.32 Å². The molecule has 5 nitrogen and oxygen atoms in total. The fraction of sp³-hybridized carbons (Fsp3) is 0.500. The van der Waals surface area contributed by atoms with E-state index >= 15 is 0 Å². The van der Waals surface area contributed by atoms with Crippen LogP contribution < -0.4 is 10.6 Å². The molecule has 0 aromatic heterocycles. The molecular weight excluding hydrogens is 287 g/mol. The number of nitrogens with one attached hydrogen (secondary N) is 2. The van der Waals surface area contributed by atoms with Gasteiger partial charge in [-0.05, 0) is 37.0 Å². The Balaban J connectivity index is 1.71. The van der Waals surface area contributed by atoms with Crippen molar-refractivity contribution < 1.29 is 19.1 Å². The summed E-state index contributed by atoms with van der Waals surface area (Å²) in [5.41, 5.74) is 1.20. The highest BCUT2D eigenvalue weighted by Crippen LogP contribution is 2.27. The van der Waals surface area contributed by atoms with E-state index in [0.29, 0.717) is 25.1 Å². The van der Waals surface area contributed by atoms with Crippen molar-refractivity contribution in [3.63, 3.8) is 0 Å². The smallest absolute Gasteiger partial charge is 0.254 e. The molecular formula is C16H19FN2O3. The standard InChI is InChI=1S/C16H19FN2O3/c17-12-7-13-9(4-5-15(21)19-13)6-11(12)16(22)18-8-10-2-1-3-14(10)20/h6-7,10,14,20H,1-5,8H2,(H,18,22)(H,19,21). The molecule has 1 aliphatic heterocycles. The lowest BCUT2D eigenvalue weighted by Gasteiger charge is -2.19. The molecule has 2 amide bonds. The first-order valence-electron chi connectivity index (χ1n) is 7.63. The molecule has 1 aromatic rings. The van der Waals surface area contributed by atoms with Crippen molar-refractivity contribution in [3.8, 4) is 0 Å². The van der Waals surface area contributed by atoms with E-state index in [1.54, 1.807) is 0 Å². The Kier molecular flexibility index (Phi) is 4.11. The van der Waals surface area contributed by atoms with E-state index in [1.165, 1.54) is 12.1 Å². The summed E-state index contributed by atoms with van der Waals surface area (Å²) in [6.07, 6.45) is 3.04. The molecule has 2 atom stereocenters. The second-order valence-electron chi connectivity index (χ2n) is 6.01. The molecule has 0 radical (unpaired) electrons. The second kappa shape index (κ2) is 6.04. The zero-order valence-corrected chi connectivity index (χ0v) is 12.2. The Bertz CT molecular complexity index is 618. The maximum Gasteiger partial charge on any atom is 0.254 e. The highest BCUT2D eigenvalue weighted by molar-refractivity contribution is 5.98. The van der Waals surface area contributed by atoms with Crippen LogP contribution in [0, 0.1) is 11.7 Å². The van der Waals surface area contributed by atoms with E-state index in [1.807, 2.05) is 0 Å². The molecule has 3 rings (SSSR count). The Hall–Kier alpha value is -1.95. The van der Waals surface area contributed by atoms with Crippen molar-refractivity contribution in [2.45, 2.75) is 38.2 Å². The fourth-order valence-electron chi connectivity index (χ4n) is 3.15. The number of aryl methyl sites for hydroxylation is 1. The van der Waals surface area contributed by atoms with Gasteiger partial charge in [0.2, 0.25) is 5.91 Å². The quantitative estimate of drug-likeness (QED) is 0.794. The minimum Gasteiger partial charge on any atom is -0.393 e. The summed E-state index contributed by atoms with van der Waals surface area (Å²) in [4.78, 5) is 23.5. The van der Waals surface area contributed by atoms with Gasteiger partial charge in [0, 0.05) is 24.6 Å². The van der Waals surface area contributed by atoms with Gasteiger partial charge in [-0.15, -0.1) is 0 Å². The summed E-state index contributed by atoms with van der Waals surface area (Å²) >= 11 is 0. The number of benzene rings is 1. The molecule has 1 heterocycles. The van der Waals surface area contributed by atoms with Gasteiger partial charge in [0.15, 0.2) is 0 Å². The van der Waals surface area contributed by atoms with Crippen molar-refractivity contribution in [3.05, 3.63) is 29.1 Å². The Morgan fingerprint density at radius 2 is 2.18 bits per heavy atom. The van der Waals surface area contributed by atoms with Crippen LogP contribution in [-0.4, -0.2) is 29.6 Å². The predicted octanol–water partition coefficient (Wildman–Crippen LogP) is 1.60. The van der Waals surface area contributed by atoms with Crippen LogP contribution in [0.25, 0.3) is 0 Å². The van der Waals surface area contributed by atoms with E-state index in [4.69, 9.17) is 0 Å². The van der Waals surface area contributed by atoms with E-state index in [0.717, 1.165) is 24.8 Å². The van der Waals surface area contributed by atoms with Crippen LogP contribution in [0.1, 0.15) is 41.6 Å². The molecule has 1 fully saturated rings. The third-order valence-corrected chi connectivity index (χ3v) is 4.48. The molecule has 118 valence electrons. The third-order valence-electron chi connectivity index (χ3n) is 4.48. The Morgan fingerprint density at radius 1 is 1.36 bits per heavy atom. The fourth-order valence-corrected chi connectivity index (χ4v) is 3.15. The number of hydrogen-bond donors (Lipinski definition) is 3. The molecule has 6 heteroatoms. The molecule has 2 aliphatic rings. The van der Waals surface area contributed by atoms with Crippen LogP contribution in [0.15, 0.2) is 12.1 Å². The summed E-state index contributed by atoms with van der Waals surface area (Å²) in [7, 11) is 0. The largest absolute Gasteiger partial charge is 0.393 e. The monoisotopic (exact) mass is 306 g/mol. The second-order valence-corrected chi connectivity index (χ2v) is 6.01. The number of rotatable bonds is 3. The SMILES string of the molecule is O=C1CCc2cc(C(=O)NCC3CCCC3O)c(F)cc2N1. The summed E-state index contributed by atoms with van der Waals surface area (Å²) < 4.78 is 14.1. The maximum absolute atomic E-state index is 14.1. The van der Waals surface area contributed by atoms with Gasteiger partial charge in [-0.2, -0.15) is 0 Å². The lowest BCUT2D eigenvalue weighted by atomic mass is 9.99. The van der Waals surface area contributed by atoms with Crippen LogP contribution in [0.2, 0.25) is 0 Å². The molecule has 2 unspecified atom stereocenters. The van der Waals surface area contributed by atoms with Crippen LogP contribution >= 0.6 is 0 Å². The molecule has 1 aromatic carbocycles. The van der Waals surface area contributed by atoms with Gasteiger partial charge in [0.05, 0.1) is 11.7 Å². The number of anilines is 1. The minimum absolute atomic E-state index is 0.0117. The lowest BCUT2D eigenvalue weighted by Crippen LogP contribution is -2.33. The maximum atomic E-state index is 14.1. The number of hydrogen-bond acceptors (Lipinski definition) is 3. The average molecular weight is 306 g/mol. The van der Waals surface area contributed by atoms with E-state index in [-0.39, 0.29) is 23.5 Å². The first-order chi connectivity index (χ1) is 10.5.